The maximum absolute atomic E-state index is 15.8. The number of fused-ring (bicyclic) bond motifs is 6. The van der Waals surface area contributed by atoms with Crippen LogP contribution >= 0.6 is 0 Å². The van der Waals surface area contributed by atoms with E-state index in [0.29, 0.717) is 146 Å². The van der Waals surface area contributed by atoms with Gasteiger partial charge in [-0.1, -0.05) is 0 Å². The van der Waals surface area contributed by atoms with Crippen LogP contribution < -0.4 is 70.9 Å². The third-order valence-electron chi connectivity index (χ3n) is 28.4. The standard InChI is InChI=1S/C27H30FN3O6.C25H28FN3O6.C22H26FN3O3.C20H24FN3O3.2C6H8O3/c1-15(34)20-11-31(18-5-6-18)24-19(26(20)36)9-21(28)25(27(24)37-2)29-10-17-4-3-7-30(22(17)12-29)23(35)8-16(13-32)14-33;1-14-10-27(6-7-28(14)21(33)8-16(12-30)13-31)23-20(26)9-18-22(25(23)35-3)29(17-4-5-17)11-19(15(2)32)24(18)34;1-12(27)16-10-26(14-5-6-14)19-15(21(16)28)8-17(23)20(22(19)29-2)25-9-13-4-3-7-24-18(13)11-25;1-11-9-23(7-6-22-11)18-16(21)8-14-17(20(18)27-3)24(13-4-5-13)10-15(12(2)25)19(14)26;2*1-5(9)2-6(3-7)4-8/h9,11,13-14,16-18,22H,3-8,10,12H2,1-2H3;9,11-14,16-17H,4-8,10H2,1-3H3;8,10,13-14,18,24H,3-7,9,11H2,1-2H3;8,10-11,13,22H,4-7,9H2,1-3H3;2*3-4,6H,2H2,1H3/t17-,22+;;13-,18+;;;/m0.0.../s1. The van der Waals surface area contributed by atoms with Crippen LogP contribution in [0, 0.1) is 58.8 Å². The zero-order chi connectivity index (χ0) is 106. The van der Waals surface area contributed by atoms with E-state index in [9.17, 15) is 95.9 Å². The smallest absolute Gasteiger partial charge is 0.224 e. The highest BCUT2D eigenvalue weighted by molar-refractivity contribution is 6.04. The van der Waals surface area contributed by atoms with Gasteiger partial charge in [0, 0.05) is 165 Å². The summed E-state index contributed by atoms with van der Waals surface area (Å²) in [7, 11) is 5.89. The number of Topliss-reactive ketones (excluding diaryl/α,β-unsaturated/α-hetero) is 6. The van der Waals surface area contributed by atoms with Gasteiger partial charge in [0.15, 0.2) is 91.1 Å². The van der Waals surface area contributed by atoms with Gasteiger partial charge >= 0.3 is 0 Å². The second-order valence-corrected chi connectivity index (χ2v) is 39.3. The van der Waals surface area contributed by atoms with Gasteiger partial charge in [-0.15, -0.1) is 0 Å². The number of hydrogen-bond donors (Lipinski definition) is 2. The van der Waals surface area contributed by atoms with Crippen LogP contribution in [-0.2, 0) is 57.5 Å². The lowest BCUT2D eigenvalue weighted by molar-refractivity contribution is -0.139. The number of halogens is 4. The maximum Gasteiger partial charge on any atom is 0.224 e. The van der Waals surface area contributed by atoms with Crippen molar-refractivity contribution in [3.63, 3.8) is 0 Å². The van der Waals surface area contributed by atoms with Gasteiger partial charge in [0.25, 0.3) is 0 Å². The average Bonchev–Trinajstić information content (AvgIpc) is 1.30. The van der Waals surface area contributed by atoms with E-state index in [0.717, 1.165) is 103 Å². The number of methoxy groups -OCH3 is 4. The van der Waals surface area contributed by atoms with Gasteiger partial charge < -0.3 is 116 Å². The number of rotatable bonds is 32. The van der Waals surface area contributed by atoms with Crippen molar-refractivity contribution in [1.29, 1.82) is 0 Å². The molecular formula is C106H124F4N12O24. The summed E-state index contributed by atoms with van der Waals surface area (Å²) < 4.78 is 92.3. The Morgan fingerprint density at radius 2 is 0.671 bits per heavy atom. The number of amides is 2. The second-order valence-electron chi connectivity index (χ2n) is 39.3. The SMILES string of the molecule is CC(=O)CC(C=O)C=O.CC(=O)CC(C=O)C=O.COc1c(N2CCN(C(=O)CC(C=O)C=O)C(C)C2)c(F)cc2c(=O)c(C(C)=O)cn(C3CC3)c12.COc1c(N2CCNC(C)C2)c(F)cc2c(=O)c(C(C)=O)cn(C3CC3)c12.COc1c(N2C[C@@H]3CCCN(C(=O)CC(C=O)C=O)[C@@H]3C2)c(F)cc2c(=O)c(C(C)=O)cn(C3CC3)c12.COc1c(N2C[C@@H]3CCCN[C@@H]3C2)c(F)cc2c(=O)c(C(C)=O)cn(C3CC3)c12. The molecule has 6 atom stereocenters. The predicted octanol–water partition coefficient (Wildman–Crippen LogP) is 9.96. The van der Waals surface area contributed by atoms with E-state index >= 15 is 17.6 Å². The largest absolute Gasteiger partial charge is 0.492 e. The first-order valence-corrected chi connectivity index (χ1v) is 49.3. The van der Waals surface area contributed by atoms with E-state index in [4.69, 9.17) is 18.9 Å². The molecule has 10 heterocycles. The van der Waals surface area contributed by atoms with Crippen molar-refractivity contribution in [2.24, 2.45) is 35.5 Å². The van der Waals surface area contributed by atoms with E-state index in [1.54, 1.807) is 39.5 Å². The van der Waals surface area contributed by atoms with Crippen molar-refractivity contribution in [3.05, 3.63) is 135 Å². The summed E-state index contributed by atoms with van der Waals surface area (Å²) >= 11 is 0. The summed E-state index contributed by atoms with van der Waals surface area (Å²) in [6.45, 7) is 18.7. The van der Waals surface area contributed by atoms with Crippen LogP contribution in [0.2, 0.25) is 0 Å². The number of piperidine rings is 2. The van der Waals surface area contributed by atoms with E-state index in [1.807, 2.05) is 35.0 Å². The molecule has 18 rings (SSSR count). The number of ketones is 6. The molecule has 2 N–H and O–H groups in total. The monoisotopic (exact) mass is 2020 g/mol. The first-order valence-electron chi connectivity index (χ1n) is 49.3. The third kappa shape index (κ3) is 23.8. The summed E-state index contributed by atoms with van der Waals surface area (Å²) in [4.78, 5) is 241. The normalized spacial score (nSPS) is 19.4. The molecule has 0 radical (unpaired) electrons. The molecule has 2 amide bonds. The Balaban J connectivity index is 0.000000155. The number of nitrogens with one attached hydrogen (secondary N) is 2. The van der Waals surface area contributed by atoms with Gasteiger partial charge in [0.1, 0.15) is 84.6 Å². The molecular weight excluding hydrogens is 1900 g/mol. The summed E-state index contributed by atoms with van der Waals surface area (Å²) in [5.41, 5.74) is 1.69. The summed E-state index contributed by atoms with van der Waals surface area (Å²) in [6.07, 6.45) is 21.2. The number of benzene rings is 4. The Bertz CT molecular complexity index is 6680. The molecule has 10 aliphatic rings. The zero-order valence-corrected chi connectivity index (χ0v) is 83.9. The minimum Gasteiger partial charge on any atom is -0.492 e. The maximum atomic E-state index is 15.8. The number of hydrogen-bond acceptors (Lipinski definition) is 30. The Labute approximate surface area is 838 Å². The van der Waals surface area contributed by atoms with E-state index < -0.39 is 68.7 Å². The number of carbonyl (C=O) groups is 16. The van der Waals surface area contributed by atoms with Crippen LogP contribution in [0.1, 0.15) is 224 Å². The number of aromatic nitrogens is 4. The number of aldehydes is 8. The lowest BCUT2D eigenvalue weighted by Gasteiger charge is -2.41. The van der Waals surface area contributed by atoms with Crippen molar-refractivity contribution < 1.29 is 113 Å². The van der Waals surface area contributed by atoms with Crippen molar-refractivity contribution in [1.82, 2.24) is 38.7 Å². The molecule has 10 fully saturated rings. The highest BCUT2D eigenvalue weighted by Gasteiger charge is 2.46. The van der Waals surface area contributed by atoms with Crippen molar-refractivity contribution >= 4 is 163 Å². The molecule has 146 heavy (non-hydrogen) atoms. The molecule has 780 valence electrons. The summed E-state index contributed by atoms with van der Waals surface area (Å²) in [6, 6.07) is 5.64. The van der Waals surface area contributed by atoms with Crippen LogP contribution in [-0.4, -0.2) is 256 Å². The van der Waals surface area contributed by atoms with Gasteiger partial charge in [0.2, 0.25) is 11.8 Å². The van der Waals surface area contributed by atoms with Gasteiger partial charge in [-0.3, -0.25) is 57.5 Å². The number of nitrogens with zero attached hydrogens (tertiary/aromatic N) is 10. The highest BCUT2D eigenvalue weighted by atomic mass is 19.1. The molecule has 4 aliphatic carbocycles. The Kier molecular flexibility index (Phi) is 35.6. The van der Waals surface area contributed by atoms with Crippen LogP contribution in [0.5, 0.6) is 23.0 Å². The molecule has 6 aliphatic heterocycles. The van der Waals surface area contributed by atoms with E-state index in [2.05, 4.69) is 22.5 Å². The average molecular weight is 2030 g/mol. The molecule has 6 saturated heterocycles. The topological polar surface area (TPSA) is 442 Å². The number of pyridine rings is 4. The summed E-state index contributed by atoms with van der Waals surface area (Å²) in [5.74, 6) is -6.04. The lowest BCUT2D eigenvalue weighted by Crippen LogP contribution is -2.54. The second kappa shape index (κ2) is 47.5. The molecule has 40 heteroatoms. The number of likely N-dealkylation sites (tertiary alicyclic amines) is 1. The zero-order valence-electron chi connectivity index (χ0n) is 83.9. The van der Waals surface area contributed by atoms with Crippen molar-refractivity contribution in [2.75, 3.05) is 127 Å². The van der Waals surface area contributed by atoms with Crippen LogP contribution in [0.4, 0.5) is 40.3 Å². The third-order valence-corrected chi connectivity index (χ3v) is 28.4. The minimum atomic E-state index is -0.982. The molecule has 8 aromatic rings. The minimum absolute atomic E-state index is 0.0169. The van der Waals surface area contributed by atoms with Gasteiger partial charge in [-0.25, -0.2) is 17.6 Å². The fourth-order valence-corrected chi connectivity index (χ4v) is 20.7. The van der Waals surface area contributed by atoms with Gasteiger partial charge in [-0.05, 0) is 175 Å². The number of ether oxygens (including phenoxy) is 4. The van der Waals surface area contributed by atoms with Crippen LogP contribution in [0.25, 0.3) is 43.6 Å². The molecule has 0 bridgehead atoms. The number of piperazine rings is 2. The lowest BCUT2D eigenvalue weighted by atomic mass is 9.91. The molecule has 2 unspecified atom stereocenters. The van der Waals surface area contributed by atoms with E-state index in [-0.39, 0.29) is 200 Å². The first-order chi connectivity index (χ1) is 69.8. The Morgan fingerprint density at radius 1 is 0.356 bits per heavy atom. The van der Waals surface area contributed by atoms with Gasteiger partial charge in [0.05, 0.1) is 124 Å². The highest BCUT2D eigenvalue weighted by Crippen LogP contribution is 2.51. The van der Waals surface area contributed by atoms with E-state index in [1.165, 1.54) is 94.2 Å². The molecule has 36 nitrogen and oxygen atoms in total. The Morgan fingerprint density at radius 3 is 0.973 bits per heavy atom. The Hall–Kier alpha value is -13.9. The fourth-order valence-electron chi connectivity index (χ4n) is 20.7. The van der Waals surface area contributed by atoms with Crippen molar-refractivity contribution in [3.8, 4) is 23.0 Å². The fraction of sp³-hybridized carbons (Fsp3) is 0.509. The molecule has 4 aromatic heterocycles. The number of carbonyl (C=O) groups excluding carboxylic acids is 16. The predicted molar refractivity (Wildman–Crippen MR) is 535 cm³/mol. The molecule has 4 aromatic carbocycles. The molecule has 4 saturated carbocycles. The summed E-state index contributed by atoms with van der Waals surface area (Å²) in [5, 5.41) is 7.52. The van der Waals surface area contributed by atoms with Crippen molar-refractivity contribution in [2.45, 2.75) is 206 Å². The van der Waals surface area contributed by atoms with Crippen LogP contribution in [0.3, 0.4) is 0 Å². The van der Waals surface area contributed by atoms with Crippen LogP contribution in [0.15, 0.2) is 68.2 Å². The number of anilines is 4. The molecule has 0 spiro atoms. The van der Waals surface area contributed by atoms with Gasteiger partial charge in [-0.2, -0.15) is 0 Å². The first kappa shape index (κ1) is 109. The quantitative estimate of drug-likeness (QED) is 0.0171.